The lowest BCUT2D eigenvalue weighted by Crippen LogP contribution is -2.52. The highest BCUT2D eigenvalue weighted by atomic mass is 79.9. The number of aryl methyl sites for hydroxylation is 4. The zero-order valence-electron chi connectivity index (χ0n) is 66.2. The van der Waals surface area contributed by atoms with Crippen molar-refractivity contribution >= 4 is 146 Å². The number of likely N-dealkylation sites (N-methyl/N-ethyl adjacent to an activating group) is 2. The van der Waals surface area contributed by atoms with Gasteiger partial charge in [-0.05, 0) is 181 Å². The maximum Gasteiger partial charge on any atom is 0.494 e. The van der Waals surface area contributed by atoms with Crippen LogP contribution in [-0.2, 0) is 45.4 Å². The fourth-order valence-electron chi connectivity index (χ4n) is 14.5. The standard InChI is InChI=1S/C37H54BClN7O4P.C36H46ClN10O2P.C5H4BrN3.2CH4/c1-10-25-21-30(32(48-7)23-31(25)46-15-13-27(14-16-46)45-19-17-44(6)18-20-45)42-35-40-24-28(39)34(43-35)41-29-12-11-26(22-33(29)51(8,9)47)38-49-36(2,3)37(4,5)50-38;1-8-24-19-29(32(49-5)21-31(24)47-13-11-26(12-14-47)46-17-15-44(3)16-18-46)41-36-39-22-27(37)35(42-36)40-28-10-9-25(20-33(28)50(6,7)48)34-30(38-2)23-45(4)43-34;1-7-4-3-9(2)8-5(4)6;;/h11-12,21-24,27H,10,13-20H2,1-9H3,(H2,40,41,42,43);9-10,19-23,26H,8,11-18H2,1,3-7H3,(H2,39,40,41,42);3H,2H3;2*1H4. The molecule has 4 N–H and O–H groups in total. The van der Waals surface area contributed by atoms with E-state index >= 15 is 0 Å². The highest BCUT2D eigenvalue weighted by Gasteiger charge is 2.52. The third-order valence-electron chi connectivity index (χ3n) is 21.6. The molecule has 5 aliphatic rings. The van der Waals surface area contributed by atoms with Crippen LogP contribution >= 0.6 is 53.4 Å². The van der Waals surface area contributed by atoms with Crippen LogP contribution in [-0.4, -0.2) is 223 Å². The van der Waals surface area contributed by atoms with Crippen LogP contribution in [0.5, 0.6) is 11.5 Å². The molecule has 0 bridgehead atoms. The van der Waals surface area contributed by atoms with Gasteiger partial charge in [-0.25, -0.2) is 19.7 Å². The number of benzene rings is 4. The minimum Gasteiger partial charge on any atom is -0.494 e. The van der Waals surface area contributed by atoms with Crippen molar-refractivity contribution < 1.29 is 27.9 Å². The number of halogens is 3. The summed E-state index contributed by atoms with van der Waals surface area (Å²) in [5.74, 6) is 2.87. The second kappa shape index (κ2) is 37.6. The molecule has 5 fully saturated rings. The van der Waals surface area contributed by atoms with E-state index in [4.69, 9.17) is 65.1 Å². The number of piperidine rings is 2. The number of rotatable bonds is 20. The molecule has 4 aromatic heterocycles. The summed E-state index contributed by atoms with van der Waals surface area (Å²) in [6.07, 6.45) is 12.8. The predicted octanol–water partition coefficient (Wildman–Crippen LogP) is 15.6. The van der Waals surface area contributed by atoms with Crippen LogP contribution in [0.4, 0.5) is 69.0 Å². The van der Waals surface area contributed by atoms with Crippen LogP contribution in [0.15, 0.2) is 90.1 Å². The van der Waals surface area contributed by atoms with Crippen molar-refractivity contribution in [2.75, 3.05) is 165 Å². The van der Waals surface area contributed by atoms with E-state index in [1.54, 1.807) is 82.9 Å². The third kappa shape index (κ3) is 21.0. The van der Waals surface area contributed by atoms with Crippen molar-refractivity contribution in [1.82, 2.24) is 59.1 Å². The van der Waals surface area contributed by atoms with Gasteiger partial charge in [0.15, 0.2) is 11.6 Å². The molecule has 5 aliphatic heterocycles. The summed E-state index contributed by atoms with van der Waals surface area (Å²) in [5.41, 5.74) is 9.71. The van der Waals surface area contributed by atoms with Gasteiger partial charge in [0.1, 0.15) is 40.4 Å². The van der Waals surface area contributed by atoms with Gasteiger partial charge < -0.3 is 68.8 Å². The van der Waals surface area contributed by atoms with E-state index in [1.807, 2.05) is 64.1 Å². The van der Waals surface area contributed by atoms with Crippen molar-refractivity contribution in [3.8, 4) is 22.8 Å². The molecule has 0 unspecified atom stereocenters. The Hall–Kier alpha value is -7.82. The molecular formula is C80H112BBrCl2N20O6P2. The molecule has 9 heterocycles. The highest BCUT2D eigenvalue weighted by molar-refractivity contribution is 9.10. The summed E-state index contributed by atoms with van der Waals surface area (Å²) in [4.78, 5) is 40.4. The molecule has 4 aromatic carbocycles. The fraction of sp³-hybridized carbons (Fsp3) is 0.500. The first kappa shape index (κ1) is 88.1. The lowest BCUT2D eigenvalue weighted by atomic mass is 9.79. The molecule has 13 rings (SSSR count). The quantitative estimate of drug-likeness (QED) is 0.0315. The van der Waals surface area contributed by atoms with E-state index in [2.05, 4.69) is 149 Å². The monoisotopic (exact) mass is 1670 g/mol. The Morgan fingerprint density at radius 1 is 0.571 bits per heavy atom. The fourth-order valence-corrected chi connectivity index (χ4v) is 17.6. The first-order chi connectivity index (χ1) is 52.3. The van der Waals surface area contributed by atoms with Gasteiger partial charge in [-0.3, -0.25) is 19.2 Å². The molecule has 5 saturated heterocycles. The number of hydrogen-bond acceptors (Lipinski definition) is 22. The Labute approximate surface area is 682 Å². The van der Waals surface area contributed by atoms with E-state index in [-0.39, 0.29) is 14.9 Å². The number of piperazine rings is 2. The van der Waals surface area contributed by atoms with E-state index in [9.17, 15) is 9.13 Å². The van der Waals surface area contributed by atoms with Crippen LogP contribution in [0.3, 0.4) is 0 Å². The van der Waals surface area contributed by atoms with Crippen LogP contribution in [0.1, 0.15) is 93.2 Å². The number of methoxy groups -OCH3 is 2. The summed E-state index contributed by atoms with van der Waals surface area (Å²) >= 11 is 16.4. The van der Waals surface area contributed by atoms with Crippen molar-refractivity contribution in [2.45, 2.75) is 118 Å². The van der Waals surface area contributed by atoms with Gasteiger partial charge in [0.25, 0.3) is 0 Å². The zero-order valence-corrected chi connectivity index (χ0v) is 71.1. The lowest BCUT2D eigenvalue weighted by Gasteiger charge is -2.43. The smallest absolute Gasteiger partial charge is 0.494 e. The second-order valence-electron chi connectivity index (χ2n) is 30.5. The molecule has 8 aromatic rings. The van der Waals surface area contributed by atoms with E-state index in [0.29, 0.717) is 101 Å². The Bertz CT molecular complexity index is 4760. The van der Waals surface area contributed by atoms with Crippen molar-refractivity contribution in [3.05, 3.63) is 134 Å². The topological polar surface area (TPSA) is 235 Å². The largest absolute Gasteiger partial charge is 0.494 e. The number of hydrogen-bond donors (Lipinski definition) is 4. The first-order valence-corrected chi connectivity index (χ1v) is 44.2. The van der Waals surface area contributed by atoms with Crippen LogP contribution < -0.4 is 56.6 Å². The Balaban J connectivity index is 0.000000227. The lowest BCUT2D eigenvalue weighted by molar-refractivity contribution is 0.00578. The molecule has 0 saturated carbocycles. The SMILES string of the molecule is C.C.CCc1cc(Nc2ncc(Cl)c(Nc3ccc(B4OC(C)(C)C(C)(C)O4)cc3P(C)(C)=O)n2)c(OC)cc1N1CCC(N2CCN(C)CC2)CC1.[C-]#[N+]c1cn(C)nc1-c1ccc(Nc2nc(Nc3cc(CC)c(N4CCC(N5CCN(C)CC5)CC4)cc3OC)ncc2Cl)c(P(C)(C)=O)c1.[C-]#[N+]c1cn(C)nc1Br. The maximum atomic E-state index is 13.6. The Morgan fingerprint density at radius 3 is 1.37 bits per heavy atom. The van der Waals surface area contributed by atoms with Crippen LogP contribution in [0, 0.1) is 13.1 Å². The van der Waals surface area contributed by atoms with Crippen molar-refractivity contribution in [3.63, 3.8) is 0 Å². The molecule has 0 atom stereocenters. The van der Waals surface area contributed by atoms with Crippen LogP contribution in [0.2, 0.25) is 10.0 Å². The van der Waals surface area contributed by atoms with Gasteiger partial charge in [0.05, 0.1) is 79.4 Å². The van der Waals surface area contributed by atoms with E-state index in [1.165, 1.54) is 28.7 Å². The number of aromatic nitrogens is 8. The second-order valence-corrected chi connectivity index (χ2v) is 38.4. The van der Waals surface area contributed by atoms with Gasteiger partial charge in [0.2, 0.25) is 23.3 Å². The molecule has 0 radical (unpaired) electrons. The molecular weight excluding hydrogens is 1560 g/mol. The number of ether oxygens (including phenoxy) is 2. The summed E-state index contributed by atoms with van der Waals surface area (Å²) < 4.78 is 55.3. The Kier molecular flexibility index (Phi) is 29.6. The summed E-state index contributed by atoms with van der Waals surface area (Å²) in [6.45, 7) is 46.8. The van der Waals surface area contributed by atoms with Crippen LogP contribution in [0.25, 0.3) is 20.9 Å². The molecule has 0 aliphatic carbocycles. The molecule has 0 amide bonds. The minimum atomic E-state index is -2.79. The third-order valence-corrected chi connectivity index (χ3v) is 25.7. The number of anilines is 10. The number of nitrogens with one attached hydrogen (secondary N) is 4. The maximum absolute atomic E-state index is 13.6. The molecule has 32 heteroatoms. The Morgan fingerprint density at radius 2 is 0.982 bits per heavy atom. The molecule has 602 valence electrons. The van der Waals surface area contributed by atoms with E-state index < -0.39 is 32.6 Å². The van der Waals surface area contributed by atoms with Crippen molar-refractivity contribution in [1.29, 1.82) is 0 Å². The summed E-state index contributed by atoms with van der Waals surface area (Å²) in [5, 5.41) is 23.6. The summed E-state index contributed by atoms with van der Waals surface area (Å²) in [6, 6.07) is 21.0. The number of nitrogens with zero attached hydrogens (tertiary/aromatic N) is 16. The van der Waals surface area contributed by atoms with Gasteiger partial charge >= 0.3 is 7.12 Å². The van der Waals surface area contributed by atoms with Gasteiger partial charge in [-0.2, -0.15) is 20.2 Å². The van der Waals surface area contributed by atoms with Gasteiger partial charge in [-0.1, -0.05) is 64.0 Å². The van der Waals surface area contributed by atoms with E-state index in [0.717, 1.165) is 140 Å². The highest BCUT2D eigenvalue weighted by Crippen LogP contribution is 2.45. The summed E-state index contributed by atoms with van der Waals surface area (Å²) in [7, 11) is 5.22. The van der Waals surface area contributed by atoms with Crippen molar-refractivity contribution in [2.24, 2.45) is 14.1 Å². The molecule has 26 nitrogen and oxygen atoms in total. The average molecular weight is 1670 g/mol. The molecule has 112 heavy (non-hydrogen) atoms. The zero-order chi connectivity index (χ0) is 79.1. The normalized spacial score (nSPS) is 17.2. The predicted molar refractivity (Wildman–Crippen MR) is 466 cm³/mol. The van der Waals surface area contributed by atoms with Gasteiger partial charge in [0, 0.05) is 151 Å². The first-order valence-electron chi connectivity index (χ1n) is 37.4. The average Bonchev–Trinajstić information content (AvgIpc) is 1.61. The van der Waals surface area contributed by atoms with Gasteiger partial charge in [-0.15, -0.1) is 0 Å². The minimum absolute atomic E-state index is 0. The molecule has 0 spiro atoms.